The smallest absolute Gasteiger partial charge is 0.262 e. The predicted molar refractivity (Wildman–Crippen MR) is 191 cm³/mol. The van der Waals surface area contributed by atoms with Crippen molar-refractivity contribution in [1.29, 1.82) is 0 Å². The van der Waals surface area contributed by atoms with Crippen LogP contribution in [0.15, 0.2) is 54.9 Å². The van der Waals surface area contributed by atoms with Gasteiger partial charge in [0.2, 0.25) is 5.91 Å². The highest BCUT2D eigenvalue weighted by Crippen LogP contribution is 2.42. The van der Waals surface area contributed by atoms with Gasteiger partial charge < -0.3 is 15.7 Å². The summed E-state index contributed by atoms with van der Waals surface area (Å²) >= 11 is 1.44. The molecule has 47 heavy (non-hydrogen) atoms. The van der Waals surface area contributed by atoms with Crippen LogP contribution in [-0.4, -0.2) is 46.1 Å². The fourth-order valence-electron chi connectivity index (χ4n) is 7.17. The van der Waals surface area contributed by atoms with Crippen LogP contribution in [0, 0.1) is 17.8 Å². The Kier molecular flexibility index (Phi) is 12.0. The second-order valence-electron chi connectivity index (χ2n) is 14.5. The molecule has 2 atom stereocenters. The van der Waals surface area contributed by atoms with E-state index in [1.807, 2.05) is 48.8 Å². The Labute approximate surface area is 284 Å². The van der Waals surface area contributed by atoms with E-state index < -0.39 is 6.04 Å². The lowest BCUT2D eigenvalue weighted by Gasteiger charge is -2.35. The molecule has 3 N–H and O–H groups in total. The molecule has 1 aromatic carbocycles. The second-order valence-corrected chi connectivity index (χ2v) is 15.6. The number of carbonyl (C=O) groups is 2. The monoisotopic (exact) mass is 656 g/mol. The first-order valence-electron chi connectivity index (χ1n) is 17.5. The maximum atomic E-state index is 13.1. The summed E-state index contributed by atoms with van der Waals surface area (Å²) in [5.74, 6) is 2.74. The summed E-state index contributed by atoms with van der Waals surface area (Å²) in [7, 11) is 0. The first-order chi connectivity index (χ1) is 22.6. The fraction of sp³-hybridized carbons (Fsp3) is 0.538. The summed E-state index contributed by atoms with van der Waals surface area (Å²) < 4.78 is 0. The number of aliphatic hydroxyl groups is 1. The van der Waals surface area contributed by atoms with Gasteiger partial charge in [0.15, 0.2) is 5.82 Å². The standard InChI is InChI=1S/C39H52N4O3S/c1-5-6-26-7-11-28(12-8-26)29-15-17-30(18-16-29)32-24-41-36(42-25-32)31-13-9-27(10-14-31)23-33(37(45)40-21-22-44)43-38(46)34-19-20-35(47-34)39(2,3)4/h9-10,13-14,17,19-20,24-26,28-29,33,44H,5-8,11-12,15-16,18,21-23H2,1-4H3,(H,40,45)(H,43,46). The lowest BCUT2D eigenvalue weighted by atomic mass is 9.70. The predicted octanol–water partition coefficient (Wildman–Crippen LogP) is 7.74. The van der Waals surface area contributed by atoms with Crippen molar-refractivity contribution in [2.45, 2.75) is 103 Å². The molecule has 2 aliphatic rings. The number of nitrogens with one attached hydrogen (secondary N) is 2. The average Bonchev–Trinajstić information content (AvgIpc) is 3.60. The molecule has 2 aromatic heterocycles. The van der Waals surface area contributed by atoms with E-state index >= 15 is 0 Å². The van der Waals surface area contributed by atoms with E-state index in [0.29, 0.717) is 17.1 Å². The van der Waals surface area contributed by atoms with Crippen LogP contribution >= 0.6 is 11.3 Å². The molecule has 2 unspecified atom stereocenters. The topological polar surface area (TPSA) is 104 Å². The molecule has 0 aliphatic heterocycles. The van der Waals surface area contributed by atoms with Crippen LogP contribution in [0.25, 0.3) is 17.0 Å². The zero-order valence-corrected chi connectivity index (χ0v) is 29.4. The number of hydrogen-bond donors (Lipinski definition) is 3. The molecule has 2 amide bonds. The SMILES string of the molecule is CCCC1CCC(C2CC=C(c3cnc(-c4ccc(CC(NC(=O)c5ccc(C(C)(C)C)s5)C(=O)NCCO)cc4)nc3)CC2)CC1. The highest BCUT2D eigenvalue weighted by atomic mass is 32.1. The molecule has 252 valence electrons. The third kappa shape index (κ3) is 9.38. The van der Waals surface area contributed by atoms with Crippen molar-refractivity contribution in [3.8, 4) is 11.4 Å². The number of aromatic nitrogens is 2. The largest absolute Gasteiger partial charge is 0.395 e. The van der Waals surface area contributed by atoms with E-state index in [9.17, 15) is 14.7 Å². The highest BCUT2D eigenvalue weighted by molar-refractivity contribution is 7.14. The molecule has 5 rings (SSSR count). The van der Waals surface area contributed by atoms with Crippen molar-refractivity contribution in [2.75, 3.05) is 13.2 Å². The number of rotatable bonds is 12. The van der Waals surface area contributed by atoms with Crippen LogP contribution in [0.4, 0.5) is 0 Å². The summed E-state index contributed by atoms with van der Waals surface area (Å²) in [6, 6.07) is 10.8. The molecule has 1 saturated carbocycles. The minimum atomic E-state index is -0.782. The number of hydrogen-bond acceptors (Lipinski definition) is 6. The highest BCUT2D eigenvalue weighted by Gasteiger charge is 2.29. The van der Waals surface area contributed by atoms with Gasteiger partial charge in [-0.1, -0.05) is 83.7 Å². The van der Waals surface area contributed by atoms with Gasteiger partial charge in [-0.2, -0.15) is 0 Å². The third-order valence-electron chi connectivity index (χ3n) is 9.98. The molecule has 0 spiro atoms. The Hall–Kier alpha value is -3.36. The molecule has 2 heterocycles. The van der Waals surface area contributed by atoms with Crippen LogP contribution < -0.4 is 10.6 Å². The third-order valence-corrected chi connectivity index (χ3v) is 11.5. The minimum Gasteiger partial charge on any atom is -0.395 e. The molecule has 8 heteroatoms. The Morgan fingerprint density at radius 1 is 0.957 bits per heavy atom. The number of carbonyl (C=O) groups excluding carboxylic acids is 2. The lowest BCUT2D eigenvalue weighted by Crippen LogP contribution is -2.48. The van der Waals surface area contributed by atoms with E-state index in [2.05, 4.69) is 44.4 Å². The van der Waals surface area contributed by atoms with Gasteiger partial charge in [0.25, 0.3) is 5.91 Å². The van der Waals surface area contributed by atoms with E-state index in [-0.39, 0.29) is 30.4 Å². The van der Waals surface area contributed by atoms with Gasteiger partial charge >= 0.3 is 0 Å². The number of aliphatic hydroxyl groups excluding tert-OH is 1. The summed E-state index contributed by atoms with van der Waals surface area (Å²) in [5.41, 5.74) is 4.22. The van der Waals surface area contributed by atoms with Crippen molar-refractivity contribution >= 4 is 28.7 Å². The molecule has 0 radical (unpaired) electrons. The molecule has 0 bridgehead atoms. The number of thiophene rings is 1. The van der Waals surface area contributed by atoms with Crippen molar-refractivity contribution in [2.24, 2.45) is 17.8 Å². The Morgan fingerprint density at radius 3 is 2.28 bits per heavy atom. The van der Waals surface area contributed by atoms with E-state index in [0.717, 1.165) is 45.7 Å². The van der Waals surface area contributed by atoms with E-state index in [1.165, 1.54) is 68.3 Å². The van der Waals surface area contributed by atoms with Crippen LogP contribution in [0.5, 0.6) is 0 Å². The number of nitrogens with zero attached hydrogens (tertiary/aromatic N) is 2. The second kappa shape index (κ2) is 16.2. The zero-order valence-electron chi connectivity index (χ0n) is 28.6. The van der Waals surface area contributed by atoms with E-state index in [4.69, 9.17) is 9.97 Å². The van der Waals surface area contributed by atoms with E-state index in [1.54, 1.807) is 0 Å². The fourth-order valence-corrected chi connectivity index (χ4v) is 8.14. The maximum absolute atomic E-state index is 13.1. The Morgan fingerprint density at radius 2 is 1.68 bits per heavy atom. The van der Waals surface area contributed by atoms with Crippen molar-refractivity contribution < 1.29 is 14.7 Å². The zero-order chi connectivity index (χ0) is 33.4. The summed E-state index contributed by atoms with van der Waals surface area (Å²) in [6.07, 6.45) is 18.6. The summed E-state index contributed by atoms with van der Waals surface area (Å²) in [4.78, 5) is 37.2. The molecular formula is C39H52N4O3S. The van der Waals surface area contributed by atoms with Gasteiger partial charge in [-0.05, 0) is 78.5 Å². The van der Waals surface area contributed by atoms with Gasteiger partial charge in [0.1, 0.15) is 6.04 Å². The molecule has 3 aromatic rings. The normalized spacial score (nSPS) is 20.7. The molecular weight excluding hydrogens is 605 g/mol. The summed E-state index contributed by atoms with van der Waals surface area (Å²) in [5, 5.41) is 14.8. The lowest BCUT2D eigenvalue weighted by molar-refractivity contribution is -0.123. The molecule has 0 saturated heterocycles. The molecule has 1 fully saturated rings. The van der Waals surface area contributed by atoms with Gasteiger partial charge in [-0.15, -0.1) is 11.3 Å². The van der Waals surface area contributed by atoms with Crippen molar-refractivity contribution in [3.63, 3.8) is 0 Å². The van der Waals surface area contributed by atoms with Gasteiger partial charge in [-0.3, -0.25) is 9.59 Å². The van der Waals surface area contributed by atoms with Crippen LogP contribution in [0.1, 0.15) is 111 Å². The van der Waals surface area contributed by atoms with Crippen LogP contribution in [0.2, 0.25) is 0 Å². The van der Waals surface area contributed by atoms with Gasteiger partial charge in [-0.25, -0.2) is 9.97 Å². The van der Waals surface area contributed by atoms with Gasteiger partial charge in [0.05, 0.1) is 11.5 Å². The first-order valence-corrected chi connectivity index (χ1v) is 18.4. The number of amides is 2. The van der Waals surface area contributed by atoms with Crippen molar-refractivity contribution in [1.82, 2.24) is 20.6 Å². The Balaban J connectivity index is 1.18. The first kappa shape index (κ1) is 35.0. The minimum absolute atomic E-state index is 0.0592. The number of allylic oxidation sites excluding steroid dienone is 2. The number of benzene rings is 1. The average molecular weight is 657 g/mol. The maximum Gasteiger partial charge on any atom is 0.262 e. The van der Waals surface area contributed by atoms with Gasteiger partial charge in [0, 0.05) is 41.4 Å². The quantitative estimate of drug-likeness (QED) is 0.185. The van der Waals surface area contributed by atoms with Crippen LogP contribution in [-0.2, 0) is 16.6 Å². The van der Waals surface area contributed by atoms with Crippen molar-refractivity contribution in [3.05, 3.63) is 75.7 Å². The van der Waals surface area contributed by atoms with Crippen LogP contribution in [0.3, 0.4) is 0 Å². The molecule has 7 nitrogen and oxygen atoms in total. The Bertz CT molecular complexity index is 1500. The molecule has 2 aliphatic carbocycles. The summed E-state index contributed by atoms with van der Waals surface area (Å²) in [6.45, 7) is 8.59.